The molecule has 1 aliphatic rings. The van der Waals surface area contributed by atoms with Crippen LogP contribution in [-0.2, 0) is 4.79 Å². The fourth-order valence-electron chi connectivity index (χ4n) is 3.20. The predicted molar refractivity (Wildman–Crippen MR) is 135 cm³/mol. The van der Waals surface area contributed by atoms with E-state index in [0.717, 1.165) is 17.7 Å². The Labute approximate surface area is 199 Å². The number of hydrogen-bond donors (Lipinski definition) is 0. The lowest BCUT2D eigenvalue weighted by Crippen LogP contribution is -2.22. The average molecular weight is 472 g/mol. The van der Waals surface area contributed by atoms with Gasteiger partial charge in [-0.2, -0.15) is 0 Å². The fourth-order valence-corrected chi connectivity index (χ4v) is 4.37. The zero-order chi connectivity index (χ0) is 23.1. The summed E-state index contributed by atoms with van der Waals surface area (Å²) in [6, 6.07) is 13.9. The Hall–Kier alpha value is -2.51. The van der Waals surface area contributed by atoms with E-state index < -0.39 is 0 Å². The lowest BCUT2D eigenvalue weighted by atomic mass is 9.99. The molecule has 1 amide bonds. The first kappa shape index (κ1) is 24.1. The molecular formula is C25H29NO4S2. The highest BCUT2D eigenvalue weighted by molar-refractivity contribution is 8.26. The molecule has 0 bridgehead atoms. The number of para-hydroxylation sites is 1. The van der Waals surface area contributed by atoms with Gasteiger partial charge in [0.1, 0.15) is 10.1 Å². The molecule has 0 N–H and O–H groups in total. The first-order valence-corrected chi connectivity index (χ1v) is 11.9. The zero-order valence-corrected chi connectivity index (χ0v) is 20.6. The van der Waals surface area contributed by atoms with Crippen LogP contribution in [0.4, 0.5) is 0 Å². The normalized spacial score (nSPS) is 15.9. The maximum atomic E-state index is 12.4. The Kier molecular flexibility index (Phi) is 8.59. The van der Waals surface area contributed by atoms with Gasteiger partial charge >= 0.3 is 0 Å². The van der Waals surface area contributed by atoms with Crippen LogP contribution in [0.5, 0.6) is 17.2 Å². The SMILES string of the molecule is CC[C@H](C)c1ccc(OCCCOc2c(/C=C3\SC(=S)N(C)C3=O)cccc2OC)cc1. The van der Waals surface area contributed by atoms with Gasteiger partial charge < -0.3 is 14.2 Å². The van der Waals surface area contributed by atoms with Crippen LogP contribution in [0, 0.1) is 0 Å². The van der Waals surface area contributed by atoms with E-state index in [0.29, 0.717) is 46.3 Å². The van der Waals surface area contributed by atoms with Crippen molar-refractivity contribution in [2.24, 2.45) is 0 Å². The Morgan fingerprint density at radius 3 is 2.47 bits per heavy atom. The van der Waals surface area contributed by atoms with Gasteiger partial charge in [0.2, 0.25) is 0 Å². The third-order valence-corrected chi connectivity index (χ3v) is 6.85. The number of benzene rings is 2. The van der Waals surface area contributed by atoms with Gasteiger partial charge in [0, 0.05) is 19.0 Å². The van der Waals surface area contributed by atoms with E-state index in [1.807, 2.05) is 30.3 Å². The summed E-state index contributed by atoms with van der Waals surface area (Å²) in [5, 5.41) is 0. The van der Waals surface area contributed by atoms with E-state index in [1.54, 1.807) is 20.2 Å². The molecule has 1 aliphatic heterocycles. The van der Waals surface area contributed by atoms with E-state index >= 15 is 0 Å². The van der Waals surface area contributed by atoms with Gasteiger partial charge in [-0.25, -0.2) is 0 Å². The minimum absolute atomic E-state index is 0.110. The summed E-state index contributed by atoms with van der Waals surface area (Å²) < 4.78 is 17.9. The summed E-state index contributed by atoms with van der Waals surface area (Å²) in [6.07, 6.45) is 3.63. The number of thioether (sulfide) groups is 1. The summed E-state index contributed by atoms with van der Waals surface area (Å²) in [5.41, 5.74) is 2.10. The van der Waals surface area contributed by atoms with Gasteiger partial charge in [0.05, 0.1) is 25.2 Å². The van der Waals surface area contributed by atoms with Crippen LogP contribution >= 0.6 is 24.0 Å². The largest absolute Gasteiger partial charge is 0.493 e. The summed E-state index contributed by atoms with van der Waals surface area (Å²) in [7, 11) is 3.28. The molecule has 1 fully saturated rings. The molecule has 0 unspecified atom stereocenters. The summed E-state index contributed by atoms with van der Waals surface area (Å²) in [6.45, 7) is 5.42. The number of rotatable bonds is 10. The van der Waals surface area contributed by atoms with Crippen LogP contribution in [0.15, 0.2) is 47.4 Å². The van der Waals surface area contributed by atoms with Crippen molar-refractivity contribution in [1.82, 2.24) is 4.90 Å². The number of thiocarbonyl (C=S) groups is 1. The Bertz CT molecular complexity index is 988. The first-order chi connectivity index (χ1) is 15.4. The first-order valence-electron chi connectivity index (χ1n) is 10.7. The number of amides is 1. The molecule has 0 spiro atoms. The van der Waals surface area contributed by atoms with Gasteiger partial charge in [0.15, 0.2) is 11.5 Å². The van der Waals surface area contributed by atoms with E-state index in [-0.39, 0.29) is 5.91 Å². The van der Waals surface area contributed by atoms with Gasteiger partial charge in [-0.3, -0.25) is 9.69 Å². The molecule has 3 rings (SSSR count). The van der Waals surface area contributed by atoms with Crippen molar-refractivity contribution < 1.29 is 19.0 Å². The predicted octanol–water partition coefficient (Wildman–Crippen LogP) is 5.89. The highest BCUT2D eigenvalue weighted by atomic mass is 32.2. The smallest absolute Gasteiger partial charge is 0.265 e. The minimum atomic E-state index is -0.110. The Morgan fingerprint density at radius 2 is 1.84 bits per heavy atom. The number of likely N-dealkylation sites (N-methyl/N-ethyl adjacent to an activating group) is 1. The van der Waals surface area contributed by atoms with E-state index in [2.05, 4.69) is 26.0 Å². The molecule has 32 heavy (non-hydrogen) atoms. The van der Waals surface area contributed by atoms with Crippen molar-refractivity contribution in [3.05, 3.63) is 58.5 Å². The summed E-state index contributed by atoms with van der Waals surface area (Å²) in [5.74, 6) is 2.52. The molecule has 2 aromatic rings. The quantitative estimate of drug-likeness (QED) is 0.245. The molecule has 0 saturated carbocycles. The van der Waals surface area contributed by atoms with Crippen molar-refractivity contribution in [1.29, 1.82) is 0 Å². The molecule has 1 heterocycles. The van der Waals surface area contributed by atoms with E-state index in [9.17, 15) is 4.79 Å². The maximum Gasteiger partial charge on any atom is 0.265 e. The van der Waals surface area contributed by atoms with Crippen LogP contribution < -0.4 is 14.2 Å². The van der Waals surface area contributed by atoms with Crippen molar-refractivity contribution in [3.63, 3.8) is 0 Å². The number of carbonyl (C=O) groups is 1. The standard InChI is InChI=1S/C25H29NO4S2/c1-5-17(2)18-10-12-20(13-11-18)29-14-7-15-30-23-19(8-6-9-21(23)28-4)16-22-24(27)26(3)25(31)32-22/h6,8-13,16-17H,5,7,14-15H2,1-4H3/b22-16-/t17-/m0/s1. The Morgan fingerprint density at radius 1 is 1.12 bits per heavy atom. The van der Waals surface area contributed by atoms with Crippen LogP contribution in [0.25, 0.3) is 6.08 Å². The molecule has 0 radical (unpaired) electrons. The fraction of sp³-hybridized carbons (Fsp3) is 0.360. The number of hydrogen-bond acceptors (Lipinski definition) is 6. The van der Waals surface area contributed by atoms with Gasteiger partial charge in [-0.1, -0.05) is 62.1 Å². The highest BCUT2D eigenvalue weighted by Crippen LogP contribution is 2.37. The Balaban J connectivity index is 1.59. The topological polar surface area (TPSA) is 48.0 Å². The summed E-state index contributed by atoms with van der Waals surface area (Å²) in [4.78, 5) is 14.4. The molecule has 1 atom stereocenters. The lowest BCUT2D eigenvalue weighted by Gasteiger charge is -2.14. The third-order valence-electron chi connectivity index (χ3n) is 5.37. The monoisotopic (exact) mass is 471 g/mol. The van der Waals surface area contributed by atoms with Gasteiger partial charge in [-0.15, -0.1) is 0 Å². The number of methoxy groups -OCH3 is 1. The number of nitrogens with zero attached hydrogens (tertiary/aromatic N) is 1. The molecule has 0 aliphatic carbocycles. The molecule has 2 aromatic carbocycles. The van der Waals surface area contributed by atoms with E-state index in [4.69, 9.17) is 26.4 Å². The lowest BCUT2D eigenvalue weighted by molar-refractivity contribution is -0.121. The molecular weight excluding hydrogens is 442 g/mol. The molecule has 5 nitrogen and oxygen atoms in total. The number of carbonyl (C=O) groups excluding carboxylic acids is 1. The third kappa shape index (κ3) is 5.84. The minimum Gasteiger partial charge on any atom is -0.493 e. The van der Waals surface area contributed by atoms with Crippen LogP contribution in [0.1, 0.15) is 43.7 Å². The van der Waals surface area contributed by atoms with Gasteiger partial charge in [0.25, 0.3) is 5.91 Å². The van der Waals surface area contributed by atoms with Crippen LogP contribution in [0.2, 0.25) is 0 Å². The van der Waals surface area contributed by atoms with Gasteiger partial charge in [-0.05, 0) is 42.2 Å². The number of ether oxygens (including phenoxy) is 3. The van der Waals surface area contributed by atoms with Crippen LogP contribution in [-0.4, -0.2) is 42.5 Å². The molecule has 7 heteroatoms. The average Bonchev–Trinajstić information content (AvgIpc) is 3.05. The summed E-state index contributed by atoms with van der Waals surface area (Å²) >= 11 is 6.50. The van der Waals surface area contributed by atoms with Crippen molar-refractivity contribution in [2.45, 2.75) is 32.6 Å². The van der Waals surface area contributed by atoms with Crippen molar-refractivity contribution in [3.8, 4) is 17.2 Å². The molecule has 170 valence electrons. The van der Waals surface area contributed by atoms with Crippen molar-refractivity contribution in [2.75, 3.05) is 27.4 Å². The maximum absolute atomic E-state index is 12.4. The van der Waals surface area contributed by atoms with E-state index in [1.165, 1.54) is 22.2 Å². The second-order valence-electron chi connectivity index (χ2n) is 7.55. The molecule has 1 saturated heterocycles. The van der Waals surface area contributed by atoms with Crippen LogP contribution in [0.3, 0.4) is 0 Å². The zero-order valence-electron chi connectivity index (χ0n) is 18.9. The highest BCUT2D eigenvalue weighted by Gasteiger charge is 2.29. The molecule has 0 aromatic heterocycles. The van der Waals surface area contributed by atoms with Crippen molar-refractivity contribution >= 4 is 40.3 Å². The second kappa shape index (κ2) is 11.4. The second-order valence-corrected chi connectivity index (χ2v) is 9.22.